The van der Waals surface area contributed by atoms with Gasteiger partial charge >= 0.3 is 0 Å². The van der Waals surface area contributed by atoms with E-state index in [9.17, 15) is 9.59 Å². The van der Waals surface area contributed by atoms with Gasteiger partial charge in [0.2, 0.25) is 0 Å². The van der Waals surface area contributed by atoms with E-state index in [4.69, 9.17) is 0 Å². The molecule has 0 bridgehead atoms. The zero-order valence-electron chi connectivity index (χ0n) is 9.88. The van der Waals surface area contributed by atoms with Gasteiger partial charge in [-0.15, -0.1) is 0 Å². The Kier molecular flexibility index (Phi) is 3.48. The molecule has 0 amide bonds. The lowest BCUT2D eigenvalue weighted by Gasteiger charge is -2.40. The van der Waals surface area contributed by atoms with E-state index in [1.807, 2.05) is 13.8 Å². The van der Waals surface area contributed by atoms with Crippen LogP contribution in [0, 0.1) is 17.3 Å². The summed E-state index contributed by atoms with van der Waals surface area (Å²) in [6.07, 6.45) is 3.48. The standard InChI is InChI=1S/C13H20O2/c1-9(2)12-7-11(10(3)15)5-6-13(12,4)8-14/h8,11-12H,1,5-7H2,2-4H3/t11-,12+,13+/m1/s1. The second-order valence-corrected chi connectivity index (χ2v) is 5.10. The largest absolute Gasteiger partial charge is 0.303 e. The third-order valence-electron chi connectivity index (χ3n) is 3.79. The molecule has 0 N–H and O–H groups in total. The second-order valence-electron chi connectivity index (χ2n) is 5.10. The van der Waals surface area contributed by atoms with E-state index in [1.165, 1.54) is 0 Å². The summed E-state index contributed by atoms with van der Waals surface area (Å²) in [5.41, 5.74) is 0.716. The summed E-state index contributed by atoms with van der Waals surface area (Å²) in [5.74, 6) is 0.534. The third kappa shape index (κ3) is 2.36. The van der Waals surface area contributed by atoms with Crippen molar-refractivity contribution in [1.82, 2.24) is 0 Å². The van der Waals surface area contributed by atoms with Crippen molar-refractivity contribution in [2.75, 3.05) is 0 Å². The van der Waals surface area contributed by atoms with Gasteiger partial charge in [0, 0.05) is 11.3 Å². The molecule has 0 aromatic rings. The highest BCUT2D eigenvalue weighted by atomic mass is 16.1. The Bertz CT molecular complexity index is 293. The van der Waals surface area contributed by atoms with Gasteiger partial charge in [0.05, 0.1) is 0 Å². The summed E-state index contributed by atoms with van der Waals surface area (Å²) in [6.45, 7) is 9.52. The zero-order chi connectivity index (χ0) is 11.6. The molecule has 0 aromatic heterocycles. The summed E-state index contributed by atoms with van der Waals surface area (Å²) < 4.78 is 0. The van der Waals surface area contributed by atoms with Crippen molar-refractivity contribution in [3.05, 3.63) is 12.2 Å². The molecule has 0 unspecified atom stereocenters. The van der Waals surface area contributed by atoms with Gasteiger partial charge in [-0.25, -0.2) is 0 Å². The summed E-state index contributed by atoms with van der Waals surface area (Å²) >= 11 is 0. The van der Waals surface area contributed by atoms with Gasteiger partial charge in [-0.3, -0.25) is 4.79 Å². The minimum atomic E-state index is -0.308. The number of aldehydes is 1. The van der Waals surface area contributed by atoms with Crippen molar-refractivity contribution in [3.63, 3.8) is 0 Å². The molecule has 0 spiro atoms. The first-order chi connectivity index (χ1) is 6.90. The molecule has 0 aliphatic heterocycles. The Labute approximate surface area is 91.7 Å². The number of Topliss-reactive ketones (excluding diaryl/α,β-unsaturated/α-hetero) is 1. The highest BCUT2D eigenvalue weighted by Gasteiger charge is 2.41. The fourth-order valence-electron chi connectivity index (χ4n) is 2.61. The average Bonchev–Trinajstić information content (AvgIpc) is 2.17. The monoisotopic (exact) mass is 208 g/mol. The first-order valence-electron chi connectivity index (χ1n) is 5.53. The van der Waals surface area contributed by atoms with Crippen molar-refractivity contribution in [1.29, 1.82) is 0 Å². The van der Waals surface area contributed by atoms with Crippen LogP contribution in [0.4, 0.5) is 0 Å². The number of allylic oxidation sites excluding steroid dienone is 1. The lowest BCUT2D eigenvalue weighted by molar-refractivity contribution is -0.127. The molecule has 2 nitrogen and oxygen atoms in total. The fraction of sp³-hybridized carbons (Fsp3) is 0.692. The van der Waals surface area contributed by atoms with E-state index >= 15 is 0 Å². The van der Waals surface area contributed by atoms with E-state index in [1.54, 1.807) is 6.92 Å². The fourth-order valence-corrected chi connectivity index (χ4v) is 2.61. The van der Waals surface area contributed by atoms with Gasteiger partial charge in [-0.2, -0.15) is 0 Å². The molecule has 84 valence electrons. The maximum atomic E-state index is 11.3. The van der Waals surface area contributed by atoms with E-state index in [2.05, 4.69) is 6.58 Å². The Morgan fingerprint density at radius 2 is 2.07 bits per heavy atom. The van der Waals surface area contributed by atoms with Gasteiger partial charge < -0.3 is 4.79 Å². The Hall–Kier alpha value is -0.920. The van der Waals surface area contributed by atoms with Gasteiger partial charge in [-0.05, 0) is 39.0 Å². The summed E-state index contributed by atoms with van der Waals surface area (Å²) in [5, 5.41) is 0. The molecule has 1 aliphatic rings. The normalized spacial score (nSPS) is 35.9. The smallest absolute Gasteiger partial charge is 0.132 e. The van der Waals surface area contributed by atoms with Crippen LogP contribution in [-0.4, -0.2) is 12.1 Å². The van der Waals surface area contributed by atoms with Crippen LogP contribution in [0.2, 0.25) is 0 Å². The number of ketones is 1. The number of carbonyl (C=O) groups is 2. The molecule has 0 aromatic carbocycles. The maximum absolute atomic E-state index is 11.3. The predicted molar refractivity (Wildman–Crippen MR) is 60.5 cm³/mol. The molecule has 15 heavy (non-hydrogen) atoms. The highest BCUT2D eigenvalue weighted by molar-refractivity contribution is 5.78. The quantitative estimate of drug-likeness (QED) is 0.528. The lowest BCUT2D eigenvalue weighted by atomic mass is 9.62. The third-order valence-corrected chi connectivity index (χ3v) is 3.79. The van der Waals surface area contributed by atoms with Crippen LogP contribution >= 0.6 is 0 Å². The molecule has 1 aliphatic carbocycles. The minimum absolute atomic E-state index is 0.125. The van der Waals surface area contributed by atoms with E-state index in [0.717, 1.165) is 31.1 Å². The van der Waals surface area contributed by atoms with Crippen molar-refractivity contribution in [2.24, 2.45) is 17.3 Å². The Balaban J connectivity index is 2.88. The zero-order valence-corrected chi connectivity index (χ0v) is 9.88. The molecule has 1 saturated carbocycles. The molecular formula is C13H20O2. The van der Waals surface area contributed by atoms with Crippen molar-refractivity contribution >= 4 is 12.1 Å². The maximum Gasteiger partial charge on any atom is 0.132 e. The number of carbonyl (C=O) groups excluding carboxylic acids is 2. The summed E-state index contributed by atoms with van der Waals surface area (Å²) in [4.78, 5) is 22.5. The van der Waals surface area contributed by atoms with Crippen LogP contribution in [0.25, 0.3) is 0 Å². The lowest BCUT2D eigenvalue weighted by Crippen LogP contribution is -2.37. The molecule has 3 atom stereocenters. The number of hydrogen-bond donors (Lipinski definition) is 0. The van der Waals surface area contributed by atoms with E-state index in [0.29, 0.717) is 0 Å². The van der Waals surface area contributed by atoms with Crippen LogP contribution in [0.1, 0.15) is 40.0 Å². The number of rotatable bonds is 3. The van der Waals surface area contributed by atoms with Crippen LogP contribution in [0.5, 0.6) is 0 Å². The van der Waals surface area contributed by atoms with Crippen molar-refractivity contribution in [2.45, 2.75) is 40.0 Å². The molecular weight excluding hydrogens is 188 g/mol. The van der Waals surface area contributed by atoms with E-state index in [-0.39, 0.29) is 23.0 Å². The highest BCUT2D eigenvalue weighted by Crippen LogP contribution is 2.45. The number of hydrogen-bond acceptors (Lipinski definition) is 2. The van der Waals surface area contributed by atoms with Gasteiger partial charge in [0.25, 0.3) is 0 Å². The Morgan fingerprint density at radius 3 is 2.47 bits per heavy atom. The van der Waals surface area contributed by atoms with Gasteiger partial charge in [0.15, 0.2) is 0 Å². The Morgan fingerprint density at radius 1 is 1.47 bits per heavy atom. The second kappa shape index (κ2) is 4.30. The minimum Gasteiger partial charge on any atom is -0.303 e. The SMILES string of the molecule is C=C(C)[C@@H]1C[C@H](C(C)=O)CC[C@@]1(C)C=O. The van der Waals surface area contributed by atoms with Gasteiger partial charge in [-0.1, -0.05) is 19.1 Å². The molecule has 0 radical (unpaired) electrons. The molecule has 1 fully saturated rings. The summed E-state index contributed by atoms with van der Waals surface area (Å²) in [6, 6.07) is 0. The average molecular weight is 208 g/mol. The molecule has 1 rings (SSSR count). The van der Waals surface area contributed by atoms with Crippen LogP contribution in [0.15, 0.2) is 12.2 Å². The molecule has 0 saturated heterocycles. The van der Waals surface area contributed by atoms with Crippen molar-refractivity contribution in [3.8, 4) is 0 Å². The van der Waals surface area contributed by atoms with Crippen molar-refractivity contribution < 1.29 is 9.59 Å². The topological polar surface area (TPSA) is 34.1 Å². The molecule has 2 heteroatoms. The first-order valence-corrected chi connectivity index (χ1v) is 5.53. The van der Waals surface area contributed by atoms with Gasteiger partial charge in [0.1, 0.15) is 12.1 Å². The van der Waals surface area contributed by atoms with E-state index < -0.39 is 0 Å². The summed E-state index contributed by atoms with van der Waals surface area (Å²) in [7, 11) is 0. The molecule has 0 heterocycles. The predicted octanol–water partition coefficient (Wildman–Crippen LogP) is 2.77. The van der Waals surface area contributed by atoms with Crippen LogP contribution in [-0.2, 0) is 9.59 Å². The first kappa shape index (κ1) is 12.2. The van der Waals surface area contributed by atoms with Crippen LogP contribution in [0.3, 0.4) is 0 Å². The van der Waals surface area contributed by atoms with Crippen LogP contribution < -0.4 is 0 Å².